The first-order valence-corrected chi connectivity index (χ1v) is 20.6. The number of aryl methyl sites for hydroxylation is 1. The van der Waals surface area contributed by atoms with E-state index in [2.05, 4.69) is 10.5 Å². The molecule has 3 aromatic carbocycles. The Morgan fingerprint density at radius 1 is 0.935 bits per heavy atom. The number of anilines is 1. The van der Waals surface area contributed by atoms with Gasteiger partial charge in [-0.05, 0) is 38.3 Å². The van der Waals surface area contributed by atoms with Crippen LogP contribution in [0.1, 0.15) is 81.9 Å². The Hall–Kier alpha value is -5.90. The SMILES string of the molecule is CO[C@@H]1C=CO[C@@]2(C)Oc3c(C)c(O)c4c(O)c(c(C=NOCCCc5ccccc5)c(O)c4c3C2=O)NC(=O)C(C)=CC=C[C@H](C)[C@H](O)[C@H](C)[C@H](O)[C@H](C)[C@H](OC(C)=O)[C@H]1C. The molecule has 9 atom stereocenters. The highest BCUT2D eigenvalue weighted by atomic mass is 16.7. The highest BCUT2D eigenvalue weighted by Gasteiger charge is 2.50. The van der Waals surface area contributed by atoms with Crippen LogP contribution >= 0.6 is 0 Å². The molecular formula is C47H58N2O13. The molecule has 0 saturated carbocycles. The Balaban J connectivity index is 1.64. The maximum Gasteiger partial charge on any atom is 0.312 e. The number of aliphatic hydroxyl groups is 2. The van der Waals surface area contributed by atoms with Crippen LogP contribution in [0.3, 0.4) is 0 Å². The lowest BCUT2D eigenvalue weighted by molar-refractivity contribution is -0.160. The molecule has 6 N–H and O–H groups in total. The zero-order valence-corrected chi connectivity index (χ0v) is 36.5. The predicted octanol–water partition coefficient (Wildman–Crippen LogP) is 6.74. The van der Waals surface area contributed by atoms with E-state index in [0.717, 1.165) is 11.8 Å². The summed E-state index contributed by atoms with van der Waals surface area (Å²) in [4.78, 5) is 46.0. The second-order valence-corrected chi connectivity index (χ2v) is 16.3. The lowest BCUT2D eigenvalue weighted by Gasteiger charge is -2.38. The Bertz CT molecular complexity index is 2270. The molecule has 334 valence electrons. The number of aromatic hydroxyl groups is 3. The van der Waals surface area contributed by atoms with Crippen molar-refractivity contribution in [3.8, 4) is 23.0 Å². The molecule has 0 radical (unpaired) electrons. The third-order valence-electron chi connectivity index (χ3n) is 11.8. The molecule has 3 aromatic rings. The van der Waals surface area contributed by atoms with Gasteiger partial charge in [0.2, 0.25) is 0 Å². The number of aliphatic hydroxyl groups excluding tert-OH is 2. The number of benzene rings is 3. The molecule has 1 amide bonds. The minimum Gasteiger partial charge on any atom is -0.507 e. The van der Waals surface area contributed by atoms with E-state index >= 15 is 0 Å². The number of ketones is 1. The van der Waals surface area contributed by atoms with Crippen molar-refractivity contribution in [2.75, 3.05) is 19.0 Å². The Kier molecular flexibility index (Phi) is 15.1. The van der Waals surface area contributed by atoms with Gasteiger partial charge in [-0.25, -0.2) is 0 Å². The summed E-state index contributed by atoms with van der Waals surface area (Å²) < 4.78 is 23.6. The lowest BCUT2D eigenvalue weighted by Crippen LogP contribution is -2.46. The van der Waals surface area contributed by atoms with Crippen molar-refractivity contribution in [2.45, 2.75) is 98.4 Å². The number of phenols is 3. The number of esters is 1. The zero-order valence-electron chi connectivity index (χ0n) is 36.5. The molecule has 0 aliphatic carbocycles. The van der Waals surface area contributed by atoms with E-state index < -0.39 is 88.8 Å². The third-order valence-corrected chi connectivity index (χ3v) is 11.8. The van der Waals surface area contributed by atoms with Crippen molar-refractivity contribution >= 4 is 40.3 Å². The second kappa shape index (κ2) is 19.9. The standard InChI is InChI=1S/C47H58N2O13/c1-24-15-13-16-25(2)46(57)49-37-32(23-48-60-21-14-19-31-17-11-10-12-18-31)41(54)34-35(42(37)55)40(53)29(6)44-36(34)45(56)47(8,62-44)59-22-20-33(58-9)26(3)43(61-30(7)50)28(5)39(52)27(4)38(24)51/h10-13,15-18,20,22-24,26-28,33,38-39,43,51-55H,14,19,21H2,1-9H3,(H,49,57)/t24-,26-,27-,28-,33+,38-,39-,43+,47-/m0/s1. The van der Waals surface area contributed by atoms with Crippen molar-refractivity contribution in [1.82, 2.24) is 0 Å². The van der Waals surface area contributed by atoms with Crippen molar-refractivity contribution in [3.05, 3.63) is 88.7 Å². The molecule has 3 heterocycles. The van der Waals surface area contributed by atoms with E-state index in [9.17, 15) is 39.9 Å². The molecule has 62 heavy (non-hydrogen) atoms. The van der Waals surface area contributed by atoms with Crippen molar-refractivity contribution in [3.63, 3.8) is 0 Å². The fourth-order valence-corrected chi connectivity index (χ4v) is 8.00. The molecule has 0 fully saturated rings. The minimum atomic E-state index is -2.07. The molecule has 3 aliphatic rings. The molecule has 15 nitrogen and oxygen atoms in total. The summed E-state index contributed by atoms with van der Waals surface area (Å²) >= 11 is 0. The van der Waals surface area contributed by atoms with Crippen LogP contribution in [0.15, 0.2) is 71.6 Å². The number of nitrogens with zero attached hydrogens (tertiary/aromatic N) is 1. The number of Topliss-reactive ketones (excluding diaryl/α,β-unsaturated/α-hetero) is 1. The van der Waals surface area contributed by atoms with Gasteiger partial charge >= 0.3 is 11.8 Å². The lowest BCUT2D eigenvalue weighted by atomic mass is 9.78. The number of fused-ring (bicyclic) bond motifs is 14. The van der Waals surface area contributed by atoms with Crippen LogP contribution < -0.4 is 10.1 Å². The van der Waals surface area contributed by atoms with Gasteiger partial charge in [-0.1, -0.05) is 81.4 Å². The van der Waals surface area contributed by atoms with Crippen LogP contribution in [0.5, 0.6) is 23.0 Å². The maximum absolute atomic E-state index is 14.4. The molecule has 3 aliphatic heterocycles. The number of methoxy groups -OCH3 is 1. The Labute approximate surface area is 361 Å². The number of carbonyl (C=O) groups excluding carboxylic acids is 3. The topological polar surface area (TPSA) is 223 Å². The van der Waals surface area contributed by atoms with E-state index in [1.165, 1.54) is 53.2 Å². The molecule has 0 saturated heterocycles. The minimum absolute atomic E-state index is 0.0322. The third kappa shape index (κ3) is 9.75. The van der Waals surface area contributed by atoms with Crippen LogP contribution in [0.2, 0.25) is 0 Å². The van der Waals surface area contributed by atoms with E-state index in [-0.39, 0.29) is 51.1 Å². The fraction of sp³-hybridized carbons (Fsp3) is 0.447. The van der Waals surface area contributed by atoms with E-state index in [1.807, 2.05) is 30.3 Å². The van der Waals surface area contributed by atoms with Gasteiger partial charge in [0.25, 0.3) is 11.7 Å². The zero-order chi connectivity index (χ0) is 45.6. The Morgan fingerprint density at radius 3 is 2.29 bits per heavy atom. The molecule has 5 bridgehead atoms. The van der Waals surface area contributed by atoms with Gasteiger partial charge in [0.05, 0.1) is 53.0 Å². The number of hydrogen-bond acceptors (Lipinski definition) is 14. The van der Waals surface area contributed by atoms with Gasteiger partial charge in [0, 0.05) is 61.2 Å². The highest BCUT2D eigenvalue weighted by Crippen LogP contribution is 2.55. The van der Waals surface area contributed by atoms with E-state index in [4.69, 9.17) is 23.8 Å². The van der Waals surface area contributed by atoms with Gasteiger partial charge in [0.15, 0.2) is 5.75 Å². The van der Waals surface area contributed by atoms with Crippen molar-refractivity contribution in [2.24, 2.45) is 28.8 Å². The summed E-state index contributed by atoms with van der Waals surface area (Å²) in [5.74, 6) is -8.67. The first-order chi connectivity index (χ1) is 29.3. The van der Waals surface area contributed by atoms with Gasteiger partial charge in [-0.15, -0.1) is 0 Å². The van der Waals surface area contributed by atoms with Crippen LogP contribution in [0, 0.1) is 30.6 Å². The molecule has 15 heteroatoms. The number of oxime groups is 1. The summed E-state index contributed by atoms with van der Waals surface area (Å²) in [6.45, 7) is 12.6. The molecule has 0 spiro atoms. The van der Waals surface area contributed by atoms with E-state index in [1.54, 1.807) is 39.8 Å². The normalized spacial score (nSPS) is 27.2. The molecule has 6 rings (SSSR count). The highest BCUT2D eigenvalue weighted by molar-refractivity contribution is 6.23. The first kappa shape index (κ1) is 47.2. The fourth-order valence-electron chi connectivity index (χ4n) is 8.00. The molecular weight excluding hydrogens is 801 g/mol. The van der Waals surface area contributed by atoms with Crippen molar-refractivity contribution in [1.29, 1.82) is 0 Å². The predicted molar refractivity (Wildman–Crippen MR) is 232 cm³/mol. The van der Waals surface area contributed by atoms with Gasteiger partial charge in [-0.3, -0.25) is 14.4 Å². The summed E-state index contributed by atoms with van der Waals surface area (Å²) in [6.07, 6.45) is 5.84. The number of amides is 1. The average Bonchev–Trinajstić information content (AvgIpc) is 3.51. The van der Waals surface area contributed by atoms with Crippen LogP contribution in [-0.2, 0) is 35.1 Å². The summed E-state index contributed by atoms with van der Waals surface area (Å²) in [5.41, 5.74) is 0.484. The number of phenolic OH excluding ortho intramolecular Hbond substituents is 3. The number of nitrogens with one attached hydrogen (secondary N) is 1. The second-order valence-electron chi connectivity index (χ2n) is 16.3. The number of hydrogen-bond donors (Lipinski definition) is 6. The summed E-state index contributed by atoms with van der Waals surface area (Å²) in [7, 11) is 1.43. The van der Waals surface area contributed by atoms with Crippen LogP contribution in [0.25, 0.3) is 10.8 Å². The number of carbonyl (C=O) groups is 3. The number of ether oxygens (including phenoxy) is 4. The maximum atomic E-state index is 14.4. The van der Waals surface area contributed by atoms with Gasteiger partial charge in [0.1, 0.15) is 30.0 Å². The number of rotatable bonds is 8. The van der Waals surface area contributed by atoms with Crippen LogP contribution in [-0.4, -0.2) is 93.3 Å². The molecule has 0 aromatic heterocycles. The van der Waals surface area contributed by atoms with Crippen molar-refractivity contribution < 1.29 is 63.7 Å². The first-order valence-electron chi connectivity index (χ1n) is 20.6. The molecule has 0 unspecified atom stereocenters. The monoisotopic (exact) mass is 858 g/mol. The number of allylic oxidation sites excluding steroid dienone is 2. The smallest absolute Gasteiger partial charge is 0.312 e. The van der Waals surface area contributed by atoms with Gasteiger partial charge in [-0.2, -0.15) is 0 Å². The van der Waals surface area contributed by atoms with Gasteiger partial charge < -0.3 is 54.6 Å². The Morgan fingerprint density at radius 2 is 1.63 bits per heavy atom. The quantitative estimate of drug-likeness (QED) is 0.0346. The van der Waals surface area contributed by atoms with Crippen LogP contribution in [0.4, 0.5) is 5.69 Å². The largest absolute Gasteiger partial charge is 0.507 e. The summed E-state index contributed by atoms with van der Waals surface area (Å²) in [6, 6.07) is 9.77. The average molecular weight is 859 g/mol. The van der Waals surface area contributed by atoms with E-state index in [0.29, 0.717) is 12.8 Å². The summed E-state index contributed by atoms with van der Waals surface area (Å²) in [5, 5.41) is 64.4.